The summed E-state index contributed by atoms with van der Waals surface area (Å²) in [4.78, 5) is 13.8. The van der Waals surface area contributed by atoms with Crippen LogP contribution in [-0.4, -0.2) is 43.8 Å². The molecular weight excluding hydrogens is 258 g/mol. The molecule has 5 heteroatoms. The maximum atomic E-state index is 11.4. The van der Waals surface area contributed by atoms with Crippen LogP contribution in [0, 0.1) is 0 Å². The number of rotatable bonds is 5. The minimum atomic E-state index is -0.432. The quantitative estimate of drug-likeness (QED) is 0.777. The summed E-state index contributed by atoms with van der Waals surface area (Å²) in [6.07, 6.45) is 2.47. The summed E-state index contributed by atoms with van der Waals surface area (Å²) in [7, 11) is 1.35. The zero-order chi connectivity index (χ0) is 14.5. The third-order valence-corrected chi connectivity index (χ3v) is 3.85. The number of hydrogen-bond donors (Lipinski definition) is 0. The van der Waals surface area contributed by atoms with Gasteiger partial charge in [-0.2, -0.15) is 0 Å². The van der Waals surface area contributed by atoms with Crippen LogP contribution in [0.4, 0.5) is 0 Å². The van der Waals surface area contributed by atoms with Crippen LogP contribution in [-0.2, 0) is 9.47 Å². The molecule has 0 radical (unpaired) electrons. The van der Waals surface area contributed by atoms with Crippen molar-refractivity contribution in [3.63, 3.8) is 0 Å². The average molecular weight is 281 g/mol. The van der Waals surface area contributed by atoms with Crippen molar-refractivity contribution in [2.24, 2.45) is 0 Å². The van der Waals surface area contributed by atoms with Gasteiger partial charge in [0.1, 0.15) is 5.76 Å². The zero-order valence-corrected chi connectivity index (χ0v) is 12.4. The van der Waals surface area contributed by atoms with Gasteiger partial charge in [-0.05, 0) is 38.8 Å². The number of ether oxygens (including phenoxy) is 2. The molecule has 0 amide bonds. The standard InChI is InChI=1S/C15H23NO4/c1-4-19-12-7-9-16(10-8-12)11(2)13-5-6-14(20-13)15(17)18-3/h5-6,11-12H,4,7-10H2,1-3H3. The Labute approximate surface area is 119 Å². The maximum Gasteiger partial charge on any atom is 0.373 e. The second-order valence-electron chi connectivity index (χ2n) is 5.06. The highest BCUT2D eigenvalue weighted by atomic mass is 16.5. The van der Waals surface area contributed by atoms with Crippen LogP contribution >= 0.6 is 0 Å². The molecular formula is C15H23NO4. The molecule has 2 heterocycles. The van der Waals surface area contributed by atoms with Crippen molar-refractivity contribution in [1.82, 2.24) is 4.90 Å². The maximum absolute atomic E-state index is 11.4. The smallest absolute Gasteiger partial charge is 0.373 e. The molecule has 1 aliphatic rings. The molecule has 0 saturated carbocycles. The number of carbonyl (C=O) groups is 1. The Morgan fingerprint density at radius 3 is 2.75 bits per heavy atom. The molecule has 0 aromatic carbocycles. The van der Waals surface area contributed by atoms with Gasteiger partial charge in [0.05, 0.1) is 19.3 Å². The fraction of sp³-hybridized carbons (Fsp3) is 0.667. The third-order valence-electron chi connectivity index (χ3n) is 3.85. The Morgan fingerprint density at radius 1 is 1.45 bits per heavy atom. The molecule has 1 fully saturated rings. The fourth-order valence-corrected chi connectivity index (χ4v) is 2.63. The third kappa shape index (κ3) is 3.41. The van der Waals surface area contributed by atoms with Crippen molar-refractivity contribution in [2.45, 2.75) is 38.8 Å². The highest BCUT2D eigenvalue weighted by Crippen LogP contribution is 2.26. The minimum absolute atomic E-state index is 0.163. The fourth-order valence-electron chi connectivity index (χ4n) is 2.63. The zero-order valence-electron chi connectivity index (χ0n) is 12.4. The van der Waals surface area contributed by atoms with E-state index in [4.69, 9.17) is 9.15 Å². The number of furan rings is 1. The summed E-state index contributed by atoms with van der Waals surface area (Å²) in [5.41, 5.74) is 0. The molecule has 0 bridgehead atoms. The van der Waals surface area contributed by atoms with E-state index < -0.39 is 5.97 Å². The van der Waals surface area contributed by atoms with E-state index in [1.807, 2.05) is 13.0 Å². The number of hydrogen-bond acceptors (Lipinski definition) is 5. The lowest BCUT2D eigenvalue weighted by Crippen LogP contribution is -2.38. The molecule has 1 aromatic heterocycles. The lowest BCUT2D eigenvalue weighted by atomic mass is 10.1. The largest absolute Gasteiger partial charge is 0.463 e. The van der Waals surface area contributed by atoms with Gasteiger partial charge in [-0.1, -0.05) is 0 Å². The number of methoxy groups -OCH3 is 1. The predicted octanol–water partition coefficient (Wildman–Crippen LogP) is 2.63. The van der Waals surface area contributed by atoms with Crippen molar-refractivity contribution in [1.29, 1.82) is 0 Å². The number of esters is 1. The van der Waals surface area contributed by atoms with E-state index in [2.05, 4.69) is 16.6 Å². The van der Waals surface area contributed by atoms with Crippen molar-refractivity contribution in [3.05, 3.63) is 23.7 Å². The number of nitrogens with zero attached hydrogens (tertiary/aromatic N) is 1. The predicted molar refractivity (Wildman–Crippen MR) is 74.7 cm³/mol. The van der Waals surface area contributed by atoms with Crippen molar-refractivity contribution >= 4 is 5.97 Å². The molecule has 1 saturated heterocycles. The second-order valence-corrected chi connectivity index (χ2v) is 5.06. The van der Waals surface area contributed by atoms with E-state index >= 15 is 0 Å². The summed E-state index contributed by atoms with van der Waals surface area (Å²) in [6.45, 7) is 6.88. The first-order valence-corrected chi connectivity index (χ1v) is 7.19. The molecule has 112 valence electrons. The van der Waals surface area contributed by atoms with E-state index in [1.54, 1.807) is 6.07 Å². The van der Waals surface area contributed by atoms with Gasteiger partial charge in [0.25, 0.3) is 0 Å². The summed E-state index contributed by atoms with van der Waals surface area (Å²) >= 11 is 0. The van der Waals surface area contributed by atoms with Crippen molar-refractivity contribution in [2.75, 3.05) is 26.8 Å². The van der Waals surface area contributed by atoms with Crippen LogP contribution < -0.4 is 0 Å². The molecule has 0 aliphatic carbocycles. The molecule has 0 spiro atoms. The van der Waals surface area contributed by atoms with Crippen LogP contribution in [0.15, 0.2) is 16.5 Å². The summed E-state index contributed by atoms with van der Waals surface area (Å²) in [5.74, 6) is 0.636. The Hall–Kier alpha value is -1.33. The molecule has 0 N–H and O–H groups in total. The average Bonchev–Trinajstić information content (AvgIpc) is 2.96. The van der Waals surface area contributed by atoms with Crippen LogP contribution in [0.2, 0.25) is 0 Å². The lowest BCUT2D eigenvalue weighted by Gasteiger charge is -2.34. The van der Waals surface area contributed by atoms with Gasteiger partial charge in [-0.15, -0.1) is 0 Å². The van der Waals surface area contributed by atoms with Gasteiger partial charge in [-0.25, -0.2) is 4.79 Å². The minimum Gasteiger partial charge on any atom is -0.463 e. The van der Waals surface area contributed by atoms with Gasteiger partial charge in [0.2, 0.25) is 5.76 Å². The van der Waals surface area contributed by atoms with E-state index in [-0.39, 0.29) is 11.8 Å². The first-order chi connectivity index (χ1) is 9.65. The monoisotopic (exact) mass is 281 g/mol. The van der Waals surface area contributed by atoms with Gasteiger partial charge in [0.15, 0.2) is 0 Å². The summed E-state index contributed by atoms with van der Waals surface area (Å²) < 4.78 is 15.9. The first-order valence-electron chi connectivity index (χ1n) is 7.19. The van der Waals surface area contributed by atoms with E-state index in [0.29, 0.717) is 6.10 Å². The molecule has 1 aromatic rings. The van der Waals surface area contributed by atoms with Gasteiger partial charge in [0, 0.05) is 19.7 Å². The van der Waals surface area contributed by atoms with Crippen LogP contribution in [0.1, 0.15) is 49.0 Å². The van der Waals surface area contributed by atoms with Gasteiger partial charge >= 0.3 is 5.97 Å². The van der Waals surface area contributed by atoms with Gasteiger partial charge < -0.3 is 13.9 Å². The van der Waals surface area contributed by atoms with E-state index in [1.165, 1.54) is 7.11 Å². The Balaban J connectivity index is 1.93. The Bertz CT molecular complexity index is 435. The molecule has 1 unspecified atom stereocenters. The van der Waals surface area contributed by atoms with Crippen molar-refractivity contribution in [3.8, 4) is 0 Å². The SMILES string of the molecule is CCOC1CCN(C(C)c2ccc(C(=O)OC)o2)CC1. The molecule has 2 rings (SSSR count). The number of carbonyl (C=O) groups excluding carboxylic acids is 1. The van der Waals surface area contributed by atoms with Crippen LogP contribution in [0.25, 0.3) is 0 Å². The van der Waals surface area contributed by atoms with Crippen LogP contribution in [0.3, 0.4) is 0 Å². The topological polar surface area (TPSA) is 51.9 Å². The molecule has 1 atom stereocenters. The summed E-state index contributed by atoms with van der Waals surface area (Å²) in [5, 5.41) is 0. The molecule has 20 heavy (non-hydrogen) atoms. The second kappa shape index (κ2) is 6.90. The lowest BCUT2D eigenvalue weighted by molar-refractivity contribution is 0.00324. The van der Waals surface area contributed by atoms with Gasteiger partial charge in [-0.3, -0.25) is 4.90 Å². The highest BCUT2D eigenvalue weighted by Gasteiger charge is 2.26. The number of piperidine rings is 1. The normalized spacial score (nSPS) is 18.9. The Morgan fingerprint density at radius 2 is 2.15 bits per heavy atom. The first kappa shape index (κ1) is 15.1. The van der Waals surface area contributed by atoms with E-state index in [9.17, 15) is 4.79 Å². The van der Waals surface area contributed by atoms with E-state index in [0.717, 1.165) is 38.3 Å². The molecule has 5 nitrogen and oxygen atoms in total. The van der Waals surface area contributed by atoms with Crippen molar-refractivity contribution < 1.29 is 18.7 Å². The highest BCUT2D eigenvalue weighted by molar-refractivity contribution is 5.86. The number of likely N-dealkylation sites (tertiary alicyclic amines) is 1. The Kier molecular flexibility index (Phi) is 5.20. The molecule has 1 aliphatic heterocycles. The van der Waals surface area contributed by atoms with Crippen LogP contribution in [0.5, 0.6) is 0 Å². The summed E-state index contributed by atoms with van der Waals surface area (Å²) in [6, 6.07) is 3.69.